The third kappa shape index (κ3) is 5.94. The first-order chi connectivity index (χ1) is 14.2. The minimum absolute atomic E-state index is 0.136. The average Bonchev–Trinajstić information content (AvgIpc) is 2.78. The second kappa shape index (κ2) is 10.1. The topological polar surface area (TPSA) is 67.4 Å². The molecule has 3 rings (SSSR count). The molecular formula is C24H24N2O3. The lowest BCUT2D eigenvalue weighted by molar-refractivity contribution is -0.121. The summed E-state index contributed by atoms with van der Waals surface area (Å²) < 4.78 is 5.14. The van der Waals surface area contributed by atoms with E-state index < -0.39 is 6.04 Å². The standard InChI is InChI=1S/C24H24N2O3/c1-29-21-14-12-18(13-15-21)17-25-23(27)16-22(19-8-4-2-5-9-19)26-24(28)20-10-6-3-7-11-20/h2-15,22H,16-17H2,1H3,(H,25,27)(H,26,28)/t22-/m1/s1. The minimum atomic E-state index is -0.417. The first kappa shape index (κ1) is 20.1. The van der Waals surface area contributed by atoms with E-state index in [1.807, 2.05) is 72.8 Å². The fourth-order valence-electron chi connectivity index (χ4n) is 2.97. The van der Waals surface area contributed by atoms with Gasteiger partial charge in [0.2, 0.25) is 5.91 Å². The Kier molecular flexibility index (Phi) is 7.00. The SMILES string of the molecule is COc1ccc(CNC(=O)C[C@@H](NC(=O)c2ccccc2)c2ccccc2)cc1. The number of benzene rings is 3. The van der Waals surface area contributed by atoms with Crippen LogP contribution in [0.1, 0.15) is 33.9 Å². The Labute approximate surface area is 170 Å². The molecule has 0 radical (unpaired) electrons. The molecule has 0 aliphatic heterocycles. The van der Waals surface area contributed by atoms with Crippen LogP contribution in [0.5, 0.6) is 5.75 Å². The molecular weight excluding hydrogens is 364 g/mol. The summed E-state index contributed by atoms with van der Waals surface area (Å²) in [6.07, 6.45) is 0.152. The largest absolute Gasteiger partial charge is 0.497 e. The normalized spacial score (nSPS) is 11.3. The Hall–Kier alpha value is -3.60. The van der Waals surface area contributed by atoms with Crippen molar-refractivity contribution in [2.24, 2.45) is 0 Å². The highest BCUT2D eigenvalue weighted by atomic mass is 16.5. The molecule has 0 spiro atoms. The Morgan fingerprint density at radius 1 is 0.862 bits per heavy atom. The molecule has 0 saturated carbocycles. The lowest BCUT2D eigenvalue weighted by atomic mass is 10.0. The third-order valence-electron chi connectivity index (χ3n) is 4.58. The highest BCUT2D eigenvalue weighted by molar-refractivity contribution is 5.94. The molecule has 0 unspecified atom stereocenters. The monoisotopic (exact) mass is 388 g/mol. The quantitative estimate of drug-likeness (QED) is 0.616. The van der Waals surface area contributed by atoms with Gasteiger partial charge in [-0.1, -0.05) is 60.7 Å². The van der Waals surface area contributed by atoms with Crippen molar-refractivity contribution in [3.8, 4) is 5.75 Å². The first-order valence-corrected chi connectivity index (χ1v) is 9.46. The van der Waals surface area contributed by atoms with E-state index in [1.165, 1.54) is 0 Å². The van der Waals surface area contributed by atoms with Crippen LogP contribution >= 0.6 is 0 Å². The Morgan fingerprint density at radius 2 is 1.48 bits per heavy atom. The molecule has 1 atom stereocenters. The van der Waals surface area contributed by atoms with Gasteiger partial charge < -0.3 is 15.4 Å². The summed E-state index contributed by atoms with van der Waals surface area (Å²) in [5, 5.41) is 5.90. The number of amides is 2. The zero-order valence-electron chi connectivity index (χ0n) is 16.3. The van der Waals surface area contributed by atoms with E-state index >= 15 is 0 Å². The second-order valence-corrected chi connectivity index (χ2v) is 6.63. The molecule has 0 aliphatic carbocycles. The van der Waals surface area contributed by atoms with Crippen LogP contribution in [0, 0.1) is 0 Å². The predicted molar refractivity (Wildman–Crippen MR) is 113 cm³/mol. The molecule has 2 amide bonds. The fourth-order valence-corrected chi connectivity index (χ4v) is 2.97. The van der Waals surface area contributed by atoms with Crippen molar-refractivity contribution >= 4 is 11.8 Å². The average molecular weight is 388 g/mol. The van der Waals surface area contributed by atoms with E-state index in [2.05, 4.69) is 10.6 Å². The number of hydrogen-bond acceptors (Lipinski definition) is 3. The van der Waals surface area contributed by atoms with Crippen LogP contribution in [-0.2, 0) is 11.3 Å². The molecule has 5 nitrogen and oxygen atoms in total. The van der Waals surface area contributed by atoms with E-state index in [1.54, 1.807) is 19.2 Å². The van der Waals surface area contributed by atoms with E-state index in [9.17, 15) is 9.59 Å². The molecule has 0 aromatic heterocycles. The lowest BCUT2D eigenvalue weighted by Crippen LogP contribution is -2.33. The summed E-state index contributed by atoms with van der Waals surface area (Å²) in [4.78, 5) is 25.1. The van der Waals surface area contributed by atoms with Gasteiger partial charge in [-0.3, -0.25) is 9.59 Å². The van der Waals surface area contributed by atoms with Gasteiger partial charge >= 0.3 is 0 Å². The number of methoxy groups -OCH3 is 1. The summed E-state index contributed by atoms with van der Waals surface area (Å²) in [5.74, 6) is 0.429. The lowest BCUT2D eigenvalue weighted by Gasteiger charge is -2.19. The molecule has 2 N–H and O–H groups in total. The van der Waals surface area contributed by atoms with Crippen molar-refractivity contribution in [3.05, 3.63) is 102 Å². The summed E-state index contributed by atoms with van der Waals surface area (Å²) in [6, 6.07) is 25.6. The van der Waals surface area contributed by atoms with Crippen molar-refractivity contribution in [2.75, 3.05) is 7.11 Å². The fraction of sp³-hybridized carbons (Fsp3) is 0.167. The van der Waals surface area contributed by atoms with Crippen LogP contribution < -0.4 is 15.4 Å². The minimum Gasteiger partial charge on any atom is -0.497 e. The molecule has 5 heteroatoms. The number of carbonyl (C=O) groups is 2. The van der Waals surface area contributed by atoms with Crippen LogP contribution in [-0.4, -0.2) is 18.9 Å². The van der Waals surface area contributed by atoms with E-state index in [0.29, 0.717) is 12.1 Å². The second-order valence-electron chi connectivity index (χ2n) is 6.63. The van der Waals surface area contributed by atoms with E-state index in [4.69, 9.17) is 4.74 Å². The summed E-state index contributed by atoms with van der Waals surface area (Å²) in [5.41, 5.74) is 2.42. The molecule has 148 valence electrons. The molecule has 3 aromatic rings. The number of ether oxygens (including phenoxy) is 1. The van der Waals surface area contributed by atoms with Crippen molar-refractivity contribution in [1.82, 2.24) is 10.6 Å². The first-order valence-electron chi connectivity index (χ1n) is 9.46. The maximum Gasteiger partial charge on any atom is 0.251 e. The van der Waals surface area contributed by atoms with Gasteiger partial charge in [-0.15, -0.1) is 0 Å². The Balaban J connectivity index is 1.64. The summed E-state index contributed by atoms with van der Waals surface area (Å²) in [7, 11) is 1.62. The van der Waals surface area contributed by atoms with Gasteiger partial charge in [-0.25, -0.2) is 0 Å². The van der Waals surface area contributed by atoms with E-state index in [-0.39, 0.29) is 18.2 Å². The van der Waals surface area contributed by atoms with Crippen molar-refractivity contribution in [1.29, 1.82) is 0 Å². The number of hydrogen-bond donors (Lipinski definition) is 2. The van der Waals surface area contributed by atoms with Crippen LogP contribution in [0.4, 0.5) is 0 Å². The molecule has 0 aliphatic rings. The zero-order chi connectivity index (χ0) is 20.5. The van der Waals surface area contributed by atoms with Gasteiger partial charge in [0.15, 0.2) is 0 Å². The maximum atomic E-state index is 12.6. The molecule has 0 heterocycles. The number of rotatable bonds is 8. The smallest absolute Gasteiger partial charge is 0.251 e. The van der Waals surface area contributed by atoms with Crippen molar-refractivity contribution < 1.29 is 14.3 Å². The summed E-state index contributed by atoms with van der Waals surface area (Å²) >= 11 is 0. The van der Waals surface area contributed by atoms with Gasteiger partial charge in [0.1, 0.15) is 5.75 Å². The van der Waals surface area contributed by atoms with E-state index in [0.717, 1.165) is 16.9 Å². The molecule has 29 heavy (non-hydrogen) atoms. The zero-order valence-corrected chi connectivity index (χ0v) is 16.3. The van der Waals surface area contributed by atoms with Crippen molar-refractivity contribution in [2.45, 2.75) is 19.0 Å². The summed E-state index contributed by atoms with van der Waals surface area (Å²) in [6.45, 7) is 0.414. The van der Waals surface area contributed by atoms with Gasteiger partial charge in [-0.05, 0) is 35.4 Å². The Bertz CT molecular complexity index is 925. The van der Waals surface area contributed by atoms with Crippen LogP contribution in [0.2, 0.25) is 0 Å². The maximum absolute atomic E-state index is 12.6. The van der Waals surface area contributed by atoms with Gasteiger partial charge in [0, 0.05) is 12.1 Å². The van der Waals surface area contributed by atoms with Gasteiger partial charge in [0.05, 0.1) is 19.6 Å². The van der Waals surface area contributed by atoms with Gasteiger partial charge in [0.25, 0.3) is 5.91 Å². The molecule has 3 aromatic carbocycles. The number of carbonyl (C=O) groups excluding carboxylic acids is 2. The van der Waals surface area contributed by atoms with Crippen LogP contribution in [0.3, 0.4) is 0 Å². The Morgan fingerprint density at radius 3 is 2.10 bits per heavy atom. The number of nitrogens with one attached hydrogen (secondary N) is 2. The third-order valence-corrected chi connectivity index (χ3v) is 4.58. The van der Waals surface area contributed by atoms with Crippen molar-refractivity contribution in [3.63, 3.8) is 0 Å². The highest BCUT2D eigenvalue weighted by Gasteiger charge is 2.19. The predicted octanol–water partition coefficient (Wildman–Crippen LogP) is 3.87. The highest BCUT2D eigenvalue weighted by Crippen LogP contribution is 2.18. The molecule has 0 fully saturated rings. The van der Waals surface area contributed by atoms with Crippen LogP contribution in [0.25, 0.3) is 0 Å². The van der Waals surface area contributed by atoms with Crippen LogP contribution in [0.15, 0.2) is 84.9 Å². The molecule has 0 saturated heterocycles. The molecule has 0 bridgehead atoms. The van der Waals surface area contributed by atoms with Gasteiger partial charge in [-0.2, -0.15) is 0 Å².